The number of aryl methyl sites for hydroxylation is 1. The van der Waals surface area contributed by atoms with Gasteiger partial charge in [-0.25, -0.2) is 9.97 Å². The van der Waals surface area contributed by atoms with Gasteiger partial charge in [0.05, 0.1) is 5.56 Å². The average molecular weight is 291 g/mol. The van der Waals surface area contributed by atoms with Gasteiger partial charge in [-0.15, -0.1) is 0 Å². The van der Waals surface area contributed by atoms with Gasteiger partial charge in [-0.05, 0) is 24.6 Å². The summed E-state index contributed by atoms with van der Waals surface area (Å²) in [5.74, 6) is 0.397. The zero-order chi connectivity index (χ0) is 14.7. The van der Waals surface area contributed by atoms with Crippen LogP contribution in [0.15, 0.2) is 24.5 Å². The molecule has 0 bridgehead atoms. The minimum atomic E-state index is 0.137. The van der Waals surface area contributed by atoms with E-state index in [-0.39, 0.29) is 10.7 Å². The maximum absolute atomic E-state index is 11.1. The molecule has 0 aliphatic heterocycles. The van der Waals surface area contributed by atoms with Crippen LogP contribution in [-0.2, 0) is 0 Å². The molecule has 1 aromatic heterocycles. The summed E-state index contributed by atoms with van der Waals surface area (Å²) in [6.07, 6.45) is 1.96. The number of benzene rings is 1. The molecule has 0 saturated carbocycles. The molecule has 2 aromatic rings. The maximum atomic E-state index is 11.1. The number of hydrogen-bond donors (Lipinski definition) is 1. The molecule has 0 fully saturated rings. The van der Waals surface area contributed by atoms with Crippen LogP contribution in [0.1, 0.15) is 15.9 Å². The van der Waals surface area contributed by atoms with Crippen LogP contribution in [0.25, 0.3) is 0 Å². The molecule has 0 aliphatic carbocycles. The third-order valence-corrected chi connectivity index (χ3v) is 3.21. The van der Waals surface area contributed by atoms with Crippen molar-refractivity contribution >= 4 is 35.1 Å². The van der Waals surface area contributed by atoms with Crippen molar-refractivity contribution < 1.29 is 4.79 Å². The fraction of sp³-hybridized carbons (Fsp3) is 0.214. The molecule has 0 aliphatic rings. The summed E-state index contributed by atoms with van der Waals surface area (Å²) in [4.78, 5) is 20.9. The maximum Gasteiger partial charge on any atom is 0.156 e. The van der Waals surface area contributed by atoms with Crippen molar-refractivity contribution in [1.29, 1.82) is 0 Å². The van der Waals surface area contributed by atoms with Crippen LogP contribution in [-0.4, -0.2) is 30.3 Å². The average Bonchev–Trinajstić information content (AvgIpc) is 2.41. The predicted molar refractivity (Wildman–Crippen MR) is 81.2 cm³/mol. The van der Waals surface area contributed by atoms with Gasteiger partial charge in [0.1, 0.15) is 17.3 Å². The first kappa shape index (κ1) is 14.3. The van der Waals surface area contributed by atoms with E-state index in [2.05, 4.69) is 15.3 Å². The number of aromatic nitrogens is 2. The molecule has 5 nitrogen and oxygen atoms in total. The Hall–Kier alpha value is -2.14. The van der Waals surface area contributed by atoms with Crippen molar-refractivity contribution in [2.45, 2.75) is 6.92 Å². The molecule has 1 heterocycles. The molecular weight excluding hydrogens is 276 g/mol. The molecule has 0 spiro atoms. The Labute approximate surface area is 122 Å². The van der Waals surface area contributed by atoms with Crippen molar-refractivity contribution in [2.75, 3.05) is 24.3 Å². The summed E-state index contributed by atoms with van der Waals surface area (Å²) in [5, 5.41) is 3.23. The van der Waals surface area contributed by atoms with E-state index in [9.17, 15) is 4.79 Å². The zero-order valence-corrected chi connectivity index (χ0v) is 12.3. The van der Waals surface area contributed by atoms with E-state index in [0.29, 0.717) is 12.1 Å². The van der Waals surface area contributed by atoms with E-state index < -0.39 is 0 Å². The van der Waals surface area contributed by atoms with Crippen LogP contribution >= 0.6 is 11.6 Å². The SMILES string of the molecule is Cc1ccc(Nc2ncnc(Cl)c2C=O)cc1N(C)C. The van der Waals surface area contributed by atoms with Crippen molar-refractivity contribution in [3.8, 4) is 0 Å². The standard InChI is InChI=1S/C14H15ClN4O/c1-9-4-5-10(6-12(9)19(2)3)18-14-11(7-20)13(15)16-8-17-14/h4-8H,1-3H3,(H,16,17,18). The summed E-state index contributed by atoms with van der Waals surface area (Å²) in [6, 6.07) is 5.91. The molecule has 104 valence electrons. The molecule has 0 amide bonds. The van der Waals surface area contributed by atoms with Crippen LogP contribution in [0.4, 0.5) is 17.2 Å². The van der Waals surface area contributed by atoms with Gasteiger partial charge in [-0.2, -0.15) is 0 Å². The second-order valence-corrected chi connectivity index (χ2v) is 4.92. The highest BCUT2D eigenvalue weighted by molar-refractivity contribution is 6.32. The number of halogens is 1. The van der Waals surface area contributed by atoms with Gasteiger partial charge < -0.3 is 10.2 Å². The summed E-state index contributed by atoms with van der Waals surface area (Å²) in [7, 11) is 3.95. The highest BCUT2D eigenvalue weighted by Crippen LogP contribution is 2.26. The largest absolute Gasteiger partial charge is 0.377 e. The second-order valence-electron chi connectivity index (χ2n) is 4.57. The Bertz CT molecular complexity index is 643. The van der Waals surface area contributed by atoms with Crippen LogP contribution in [0.3, 0.4) is 0 Å². The first-order valence-corrected chi connectivity index (χ1v) is 6.41. The molecule has 1 aromatic carbocycles. The lowest BCUT2D eigenvalue weighted by molar-refractivity contribution is 0.112. The second kappa shape index (κ2) is 5.88. The Morgan fingerprint density at radius 3 is 2.70 bits per heavy atom. The highest BCUT2D eigenvalue weighted by Gasteiger charge is 2.10. The van der Waals surface area contributed by atoms with Crippen molar-refractivity contribution in [3.63, 3.8) is 0 Å². The van der Waals surface area contributed by atoms with E-state index in [1.54, 1.807) is 0 Å². The van der Waals surface area contributed by atoms with Crippen LogP contribution < -0.4 is 10.2 Å². The minimum absolute atomic E-state index is 0.137. The lowest BCUT2D eigenvalue weighted by Crippen LogP contribution is -2.10. The smallest absolute Gasteiger partial charge is 0.156 e. The van der Waals surface area contributed by atoms with E-state index in [1.807, 2.05) is 44.1 Å². The van der Waals surface area contributed by atoms with Gasteiger partial charge in [0.15, 0.2) is 6.29 Å². The monoisotopic (exact) mass is 290 g/mol. The minimum Gasteiger partial charge on any atom is -0.377 e. The summed E-state index contributed by atoms with van der Waals surface area (Å²) < 4.78 is 0. The number of nitrogens with zero attached hydrogens (tertiary/aromatic N) is 3. The number of hydrogen-bond acceptors (Lipinski definition) is 5. The number of carbonyl (C=O) groups is 1. The molecular formula is C14H15ClN4O. The molecule has 6 heteroatoms. The van der Waals surface area contributed by atoms with E-state index in [1.165, 1.54) is 6.33 Å². The first-order chi connectivity index (χ1) is 9.52. The number of carbonyl (C=O) groups excluding carboxylic acids is 1. The molecule has 0 unspecified atom stereocenters. The molecule has 0 radical (unpaired) electrons. The number of nitrogens with one attached hydrogen (secondary N) is 1. The highest BCUT2D eigenvalue weighted by atomic mass is 35.5. The van der Waals surface area contributed by atoms with E-state index >= 15 is 0 Å². The lowest BCUT2D eigenvalue weighted by Gasteiger charge is -2.17. The number of anilines is 3. The summed E-state index contributed by atoms with van der Waals surface area (Å²) in [6.45, 7) is 2.04. The predicted octanol–water partition coefficient (Wildman–Crippen LogP) is 3.06. The van der Waals surface area contributed by atoms with Gasteiger partial charge in [0.2, 0.25) is 0 Å². The first-order valence-electron chi connectivity index (χ1n) is 6.03. The topological polar surface area (TPSA) is 58.1 Å². The van der Waals surface area contributed by atoms with Gasteiger partial charge in [0.25, 0.3) is 0 Å². The quantitative estimate of drug-likeness (QED) is 0.693. The molecule has 20 heavy (non-hydrogen) atoms. The lowest BCUT2D eigenvalue weighted by atomic mass is 10.1. The van der Waals surface area contributed by atoms with Gasteiger partial charge in [-0.3, -0.25) is 4.79 Å². The van der Waals surface area contributed by atoms with Gasteiger partial charge in [-0.1, -0.05) is 17.7 Å². The van der Waals surface area contributed by atoms with Gasteiger partial charge in [0, 0.05) is 25.5 Å². The fourth-order valence-corrected chi connectivity index (χ4v) is 2.06. The van der Waals surface area contributed by atoms with Gasteiger partial charge >= 0.3 is 0 Å². The van der Waals surface area contributed by atoms with Crippen molar-refractivity contribution in [1.82, 2.24) is 9.97 Å². The number of aldehydes is 1. The normalized spacial score (nSPS) is 10.2. The Kier molecular flexibility index (Phi) is 4.20. The Balaban J connectivity index is 2.38. The molecule has 2 rings (SSSR count). The molecule has 0 saturated heterocycles. The fourth-order valence-electron chi connectivity index (χ4n) is 1.88. The summed E-state index contributed by atoms with van der Waals surface area (Å²) in [5.41, 5.74) is 3.33. The van der Waals surface area contributed by atoms with E-state index in [4.69, 9.17) is 11.6 Å². The van der Waals surface area contributed by atoms with Crippen LogP contribution in [0, 0.1) is 6.92 Å². The zero-order valence-electron chi connectivity index (χ0n) is 11.5. The Morgan fingerprint density at radius 2 is 2.05 bits per heavy atom. The third kappa shape index (κ3) is 2.88. The third-order valence-electron chi connectivity index (χ3n) is 2.91. The van der Waals surface area contributed by atoms with Crippen LogP contribution in [0.5, 0.6) is 0 Å². The Morgan fingerprint density at radius 1 is 1.30 bits per heavy atom. The van der Waals surface area contributed by atoms with Crippen molar-refractivity contribution in [2.24, 2.45) is 0 Å². The number of rotatable bonds is 4. The van der Waals surface area contributed by atoms with Crippen molar-refractivity contribution in [3.05, 3.63) is 40.8 Å². The van der Waals surface area contributed by atoms with E-state index in [0.717, 1.165) is 16.9 Å². The van der Waals surface area contributed by atoms with Crippen LogP contribution in [0.2, 0.25) is 5.15 Å². The molecule has 0 atom stereocenters. The molecule has 1 N–H and O–H groups in total. The summed E-state index contributed by atoms with van der Waals surface area (Å²) >= 11 is 5.87.